The van der Waals surface area contributed by atoms with E-state index in [1.54, 1.807) is 6.20 Å². The first-order valence-electron chi connectivity index (χ1n) is 3.23. The van der Waals surface area contributed by atoms with E-state index in [2.05, 4.69) is 15.2 Å². The molecule has 4 nitrogen and oxygen atoms in total. The van der Waals surface area contributed by atoms with Crippen LogP contribution in [0.15, 0.2) is 11.4 Å². The first-order chi connectivity index (χ1) is 5.24. The Balaban J connectivity index is 2.83. The average molecular weight is 170 g/mol. The Bertz CT molecular complexity index is 221. The fourth-order valence-electron chi connectivity index (χ4n) is 0.576. The summed E-state index contributed by atoms with van der Waals surface area (Å²) in [5.41, 5.74) is 6.28. The predicted octanol–water partition coefficient (Wildman–Crippen LogP) is 0.613. The molecular weight excluding hydrogens is 160 g/mol. The lowest BCUT2D eigenvalue weighted by molar-refractivity contribution is 0.705. The lowest BCUT2D eigenvalue weighted by atomic mass is 10.3. The highest BCUT2D eigenvalue weighted by Gasteiger charge is 2.01. The summed E-state index contributed by atoms with van der Waals surface area (Å²) >= 11 is 1.46. The Morgan fingerprint density at radius 2 is 2.27 bits per heavy atom. The van der Waals surface area contributed by atoms with Crippen molar-refractivity contribution in [1.29, 1.82) is 0 Å². The van der Waals surface area contributed by atoms with Crippen molar-refractivity contribution in [2.45, 2.75) is 18.1 Å². The van der Waals surface area contributed by atoms with Gasteiger partial charge < -0.3 is 5.73 Å². The second-order valence-corrected chi connectivity index (χ2v) is 2.93. The second-order valence-electron chi connectivity index (χ2n) is 2.16. The third kappa shape index (κ3) is 2.13. The summed E-state index contributed by atoms with van der Waals surface area (Å²) in [6.45, 7) is 1.85. The van der Waals surface area contributed by atoms with Gasteiger partial charge in [0.2, 0.25) is 5.16 Å². The molecule has 11 heavy (non-hydrogen) atoms. The maximum absolute atomic E-state index is 5.56. The van der Waals surface area contributed by atoms with Crippen LogP contribution in [0.3, 0.4) is 0 Å². The molecule has 0 aromatic carbocycles. The molecule has 2 N–H and O–H groups in total. The molecule has 1 rings (SSSR count). The van der Waals surface area contributed by atoms with E-state index in [0.29, 0.717) is 5.16 Å². The molecule has 1 aromatic rings. The van der Waals surface area contributed by atoms with E-state index in [9.17, 15) is 0 Å². The van der Waals surface area contributed by atoms with Crippen LogP contribution in [-0.4, -0.2) is 21.4 Å². The predicted molar refractivity (Wildman–Crippen MR) is 44.2 cm³/mol. The van der Waals surface area contributed by atoms with Gasteiger partial charge in [0.05, 0.1) is 11.9 Å². The Morgan fingerprint density at radius 3 is 2.64 bits per heavy atom. The smallest absolute Gasteiger partial charge is 0.208 e. The van der Waals surface area contributed by atoms with Crippen LogP contribution in [0.4, 0.5) is 0 Å². The largest absolute Gasteiger partial charge is 0.323 e. The van der Waals surface area contributed by atoms with Crippen LogP contribution >= 0.6 is 11.8 Å². The molecule has 0 bridgehead atoms. The highest BCUT2D eigenvalue weighted by atomic mass is 32.2. The standard InChI is InChI=1S/C6H10N4S/c1-4(7)5-3-8-6(11-2)10-9-5/h3-4H,7H2,1-2H3/t4-/m0/s1. The van der Waals surface area contributed by atoms with E-state index < -0.39 is 0 Å². The highest BCUT2D eigenvalue weighted by molar-refractivity contribution is 7.98. The summed E-state index contributed by atoms with van der Waals surface area (Å²) in [4.78, 5) is 4.03. The Labute approximate surface area is 69.6 Å². The molecule has 0 radical (unpaired) electrons. The van der Waals surface area contributed by atoms with Gasteiger partial charge >= 0.3 is 0 Å². The van der Waals surface area contributed by atoms with Gasteiger partial charge in [-0.25, -0.2) is 4.98 Å². The topological polar surface area (TPSA) is 64.7 Å². The number of aromatic nitrogens is 3. The molecule has 1 atom stereocenters. The lowest BCUT2D eigenvalue weighted by Crippen LogP contribution is -2.09. The van der Waals surface area contributed by atoms with Crippen LogP contribution in [-0.2, 0) is 0 Å². The van der Waals surface area contributed by atoms with E-state index in [1.165, 1.54) is 11.8 Å². The van der Waals surface area contributed by atoms with Gasteiger partial charge in [0.1, 0.15) is 0 Å². The van der Waals surface area contributed by atoms with Gasteiger partial charge in [0.25, 0.3) is 0 Å². The van der Waals surface area contributed by atoms with E-state index in [0.717, 1.165) is 5.69 Å². The van der Waals surface area contributed by atoms with Crippen LogP contribution in [0.25, 0.3) is 0 Å². The summed E-state index contributed by atoms with van der Waals surface area (Å²) in [7, 11) is 0. The van der Waals surface area contributed by atoms with Crippen LogP contribution in [0, 0.1) is 0 Å². The van der Waals surface area contributed by atoms with E-state index in [-0.39, 0.29) is 6.04 Å². The summed E-state index contributed by atoms with van der Waals surface area (Å²) < 4.78 is 0. The summed E-state index contributed by atoms with van der Waals surface area (Å²) in [5.74, 6) is 0. The third-order valence-electron chi connectivity index (χ3n) is 1.21. The van der Waals surface area contributed by atoms with Gasteiger partial charge in [-0.2, -0.15) is 0 Å². The molecule has 1 heterocycles. The monoisotopic (exact) mass is 170 g/mol. The normalized spacial score (nSPS) is 13.0. The number of thioether (sulfide) groups is 1. The first-order valence-corrected chi connectivity index (χ1v) is 4.45. The van der Waals surface area contributed by atoms with Crippen molar-refractivity contribution < 1.29 is 0 Å². The van der Waals surface area contributed by atoms with E-state index >= 15 is 0 Å². The number of rotatable bonds is 2. The van der Waals surface area contributed by atoms with Crippen molar-refractivity contribution in [3.05, 3.63) is 11.9 Å². The minimum absolute atomic E-state index is 0.0918. The quantitative estimate of drug-likeness (QED) is 0.659. The Hall–Kier alpha value is -0.680. The second kappa shape index (κ2) is 3.64. The van der Waals surface area contributed by atoms with Gasteiger partial charge in [-0.3, -0.25) is 0 Å². The first kappa shape index (κ1) is 8.42. The Morgan fingerprint density at radius 1 is 1.55 bits per heavy atom. The maximum atomic E-state index is 5.56. The Kier molecular flexibility index (Phi) is 2.78. The number of nitrogens with two attached hydrogens (primary N) is 1. The van der Waals surface area contributed by atoms with Gasteiger partial charge in [0.15, 0.2) is 0 Å². The average Bonchev–Trinajstić information content (AvgIpc) is 2.05. The summed E-state index contributed by atoms with van der Waals surface area (Å²) in [5, 5.41) is 8.41. The molecule has 0 saturated heterocycles. The van der Waals surface area contributed by atoms with Gasteiger partial charge in [-0.05, 0) is 13.2 Å². The fourth-order valence-corrected chi connectivity index (χ4v) is 0.856. The number of nitrogens with zero attached hydrogens (tertiary/aromatic N) is 3. The molecule has 0 amide bonds. The minimum atomic E-state index is -0.0918. The van der Waals surface area contributed by atoms with Crippen LogP contribution in [0.2, 0.25) is 0 Å². The van der Waals surface area contributed by atoms with Gasteiger partial charge in [0, 0.05) is 6.04 Å². The molecule has 5 heteroatoms. The SMILES string of the molecule is CSc1ncc([C@H](C)N)nn1. The molecule has 0 saturated carbocycles. The summed E-state index contributed by atoms with van der Waals surface area (Å²) in [6, 6.07) is -0.0918. The minimum Gasteiger partial charge on any atom is -0.323 e. The zero-order valence-electron chi connectivity index (χ0n) is 6.48. The van der Waals surface area contributed by atoms with Crippen LogP contribution in [0.5, 0.6) is 0 Å². The fraction of sp³-hybridized carbons (Fsp3) is 0.500. The van der Waals surface area contributed by atoms with E-state index in [4.69, 9.17) is 5.73 Å². The molecular formula is C6H10N4S. The van der Waals surface area contributed by atoms with Crippen molar-refractivity contribution in [2.24, 2.45) is 5.73 Å². The van der Waals surface area contributed by atoms with Crippen molar-refractivity contribution in [3.63, 3.8) is 0 Å². The van der Waals surface area contributed by atoms with Crippen molar-refractivity contribution in [3.8, 4) is 0 Å². The van der Waals surface area contributed by atoms with Crippen molar-refractivity contribution in [2.75, 3.05) is 6.26 Å². The highest BCUT2D eigenvalue weighted by Crippen LogP contribution is 2.07. The molecule has 1 aromatic heterocycles. The molecule has 0 unspecified atom stereocenters. The van der Waals surface area contributed by atoms with Crippen LogP contribution in [0.1, 0.15) is 18.7 Å². The third-order valence-corrected chi connectivity index (χ3v) is 1.76. The van der Waals surface area contributed by atoms with Crippen molar-refractivity contribution in [1.82, 2.24) is 15.2 Å². The molecule has 0 aliphatic carbocycles. The number of hydrogen-bond acceptors (Lipinski definition) is 5. The van der Waals surface area contributed by atoms with Gasteiger partial charge in [-0.1, -0.05) is 11.8 Å². The molecule has 0 aliphatic heterocycles. The van der Waals surface area contributed by atoms with Crippen LogP contribution < -0.4 is 5.73 Å². The van der Waals surface area contributed by atoms with E-state index in [1.807, 2.05) is 13.2 Å². The molecule has 0 spiro atoms. The van der Waals surface area contributed by atoms with Gasteiger partial charge in [-0.15, -0.1) is 10.2 Å². The number of hydrogen-bond donors (Lipinski definition) is 1. The zero-order chi connectivity index (χ0) is 8.27. The zero-order valence-corrected chi connectivity index (χ0v) is 7.30. The molecule has 60 valence electrons. The maximum Gasteiger partial charge on any atom is 0.208 e. The molecule has 0 fully saturated rings. The molecule has 0 aliphatic rings. The lowest BCUT2D eigenvalue weighted by Gasteiger charge is -2.01. The van der Waals surface area contributed by atoms with Crippen molar-refractivity contribution >= 4 is 11.8 Å². The summed E-state index contributed by atoms with van der Waals surface area (Å²) in [6.07, 6.45) is 3.56.